The summed E-state index contributed by atoms with van der Waals surface area (Å²) < 4.78 is 22.5. The molecule has 1 fully saturated rings. The van der Waals surface area contributed by atoms with E-state index in [9.17, 15) is 14.7 Å². The molecule has 3 heterocycles. The number of Topliss-reactive ketones (excluding diaryl/α,β-unsaturated/α-hetero) is 2. The van der Waals surface area contributed by atoms with Crippen LogP contribution in [0, 0.1) is 5.92 Å². The minimum Gasteiger partial charge on any atom is -0.507 e. The highest BCUT2D eigenvalue weighted by molar-refractivity contribution is 6.35. The van der Waals surface area contributed by atoms with Crippen LogP contribution in [0.4, 0.5) is 0 Å². The molecule has 37 heavy (non-hydrogen) atoms. The number of aliphatic hydroxyl groups excluding tert-OH is 1. The van der Waals surface area contributed by atoms with Gasteiger partial charge in [0.2, 0.25) is 11.4 Å². The fourth-order valence-electron chi connectivity index (χ4n) is 5.48. The van der Waals surface area contributed by atoms with Crippen molar-refractivity contribution in [2.45, 2.75) is 37.8 Å². The Kier molecular flexibility index (Phi) is 6.76. The van der Waals surface area contributed by atoms with Crippen molar-refractivity contribution in [3.8, 4) is 17.2 Å². The van der Waals surface area contributed by atoms with Crippen LogP contribution in [-0.2, 0) is 4.79 Å². The third-order valence-electron chi connectivity index (χ3n) is 7.46. The van der Waals surface area contributed by atoms with Gasteiger partial charge in [0.15, 0.2) is 17.3 Å². The topological polar surface area (TPSA) is 111 Å². The molecule has 1 N–H and O–H groups in total. The normalized spacial score (nSPS) is 24.7. The number of benzene rings is 1. The van der Waals surface area contributed by atoms with Crippen molar-refractivity contribution in [1.82, 2.24) is 4.90 Å². The molecule has 2 aromatic rings. The minimum absolute atomic E-state index is 0.0179. The number of fused-ring (bicyclic) bond motifs is 1. The van der Waals surface area contributed by atoms with Crippen LogP contribution in [0.5, 0.6) is 17.2 Å². The monoisotopic (exact) mass is 528 g/mol. The summed E-state index contributed by atoms with van der Waals surface area (Å²) in [7, 11) is 2.85. The molecule has 0 saturated carbocycles. The molecule has 3 unspecified atom stereocenters. The number of nitrogens with zero attached hydrogens (tertiary/aromatic N) is 2. The van der Waals surface area contributed by atoms with Gasteiger partial charge in [0, 0.05) is 24.6 Å². The Bertz CT molecular complexity index is 1280. The highest BCUT2D eigenvalue weighted by Crippen LogP contribution is 2.54. The van der Waals surface area contributed by atoms with Gasteiger partial charge in [-0.2, -0.15) is 0 Å². The average Bonchev–Trinajstić information content (AvgIpc) is 3.65. The van der Waals surface area contributed by atoms with Gasteiger partial charge in [-0.3, -0.25) is 19.5 Å². The van der Waals surface area contributed by atoms with E-state index in [2.05, 4.69) is 9.89 Å². The Morgan fingerprint density at radius 1 is 1.27 bits per heavy atom. The number of hydrogen-bond donors (Lipinski definition) is 1. The van der Waals surface area contributed by atoms with Crippen LogP contribution >= 0.6 is 11.6 Å². The highest BCUT2D eigenvalue weighted by Gasteiger charge is 2.60. The molecule has 0 amide bonds. The number of allylic oxidation sites excluding steroid dienone is 1. The van der Waals surface area contributed by atoms with Crippen LogP contribution in [0.3, 0.4) is 0 Å². The number of aliphatic imine (C=N–C) groups is 1. The largest absolute Gasteiger partial charge is 0.507 e. The predicted molar refractivity (Wildman–Crippen MR) is 136 cm³/mol. The van der Waals surface area contributed by atoms with Gasteiger partial charge in [-0.05, 0) is 38.1 Å². The van der Waals surface area contributed by atoms with Crippen LogP contribution in [-0.4, -0.2) is 67.2 Å². The molecule has 0 bridgehead atoms. The summed E-state index contributed by atoms with van der Waals surface area (Å²) in [6.45, 7) is 3.87. The third-order valence-corrected chi connectivity index (χ3v) is 7.82. The van der Waals surface area contributed by atoms with E-state index in [4.69, 9.17) is 30.2 Å². The Morgan fingerprint density at radius 2 is 2.00 bits per heavy atom. The van der Waals surface area contributed by atoms with Crippen LogP contribution in [0.15, 0.2) is 45.2 Å². The zero-order valence-electron chi connectivity index (χ0n) is 21.0. The van der Waals surface area contributed by atoms with Crippen molar-refractivity contribution in [2.75, 3.05) is 33.9 Å². The number of halogens is 1. The first-order chi connectivity index (χ1) is 17.8. The molecule has 10 heteroatoms. The maximum atomic E-state index is 13.8. The second-order valence-electron chi connectivity index (χ2n) is 9.53. The van der Waals surface area contributed by atoms with E-state index in [-0.39, 0.29) is 51.7 Å². The summed E-state index contributed by atoms with van der Waals surface area (Å²) >= 11 is 6.48. The maximum absolute atomic E-state index is 13.8. The number of likely N-dealkylation sites (tertiary alicyclic amines) is 1. The number of hydrogen-bond acceptors (Lipinski definition) is 9. The first-order valence-corrected chi connectivity index (χ1v) is 12.6. The number of ether oxygens (including phenoxy) is 3. The molecular weight excluding hydrogens is 500 g/mol. The first kappa shape index (κ1) is 25.4. The van der Waals surface area contributed by atoms with Gasteiger partial charge in [0.25, 0.3) is 0 Å². The van der Waals surface area contributed by atoms with Crippen molar-refractivity contribution < 1.29 is 33.3 Å². The molecule has 196 valence electrons. The standard InChI is InChI=1S/C27H29ClN2O7/c1-15-11-18(31)16(13-29-14-17(19-7-6-10-36-19)30-8-4-5-9-30)25(32)27(15)26(33)22-20(34-2)12-21(35-3)23(28)24(22)37-27/h6-7,10,12-13,15,17,32H,4-5,8-9,11,14H2,1-3H3. The SMILES string of the molecule is COc1cc(OC)c2c(c1Cl)OC1(C2=O)C(O)=C(C=NCC(c2ccco2)N2CCCC2)C(=O)CC1C. The molecule has 9 nitrogen and oxygen atoms in total. The maximum Gasteiger partial charge on any atom is 0.231 e. The zero-order valence-corrected chi connectivity index (χ0v) is 21.7. The van der Waals surface area contributed by atoms with Gasteiger partial charge >= 0.3 is 0 Å². The summed E-state index contributed by atoms with van der Waals surface area (Å²) in [5, 5.41) is 11.5. The van der Waals surface area contributed by atoms with E-state index in [1.807, 2.05) is 12.1 Å². The molecule has 1 saturated heterocycles. The molecule has 1 spiro atoms. The van der Waals surface area contributed by atoms with Gasteiger partial charge in [-0.15, -0.1) is 0 Å². The van der Waals surface area contributed by atoms with Crippen molar-refractivity contribution >= 4 is 29.4 Å². The Balaban J connectivity index is 1.51. The predicted octanol–water partition coefficient (Wildman–Crippen LogP) is 4.59. The summed E-state index contributed by atoms with van der Waals surface area (Å²) in [5.74, 6) is -0.680. The Hall–Kier alpha value is -3.30. The number of carbonyl (C=O) groups excluding carboxylic acids is 2. The summed E-state index contributed by atoms with van der Waals surface area (Å²) in [6, 6.07) is 5.15. The second-order valence-corrected chi connectivity index (χ2v) is 9.90. The van der Waals surface area contributed by atoms with Crippen LogP contribution in [0.2, 0.25) is 5.02 Å². The van der Waals surface area contributed by atoms with E-state index >= 15 is 0 Å². The molecular formula is C27H29ClN2O7. The molecule has 1 aromatic heterocycles. The van der Waals surface area contributed by atoms with E-state index < -0.39 is 23.1 Å². The molecule has 1 aliphatic carbocycles. The van der Waals surface area contributed by atoms with Crippen LogP contribution in [0.25, 0.3) is 0 Å². The molecule has 1 aromatic carbocycles. The third kappa shape index (κ3) is 4.01. The number of furan rings is 1. The van der Waals surface area contributed by atoms with E-state index in [1.54, 1.807) is 13.2 Å². The number of rotatable bonds is 7. The number of carbonyl (C=O) groups is 2. The van der Waals surface area contributed by atoms with Crippen molar-refractivity contribution in [3.05, 3.63) is 52.1 Å². The summed E-state index contributed by atoms with van der Waals surface area (Å²) in [6.07, 6.45) is 5.15. The van der Waals surface area contributed by atoms with Gasteiger partial charge in [0.1, 0.15) is 27.8 Å². The van der Waals surface area contributed by atoms with Gasteiger partial charge in [-0.1, -0.05) is 18.5 Å². The second kappa shape index (κ2) is 9.87. The van der Waals surface area contributed by atoms with Crippen LogP contribution < -0.4 is 14.2 Å². The lowest BCUT2D eigenvalue weighted by Crippen LogP contribution is -2.52. The number of methoxy groups -OCH3 is 2. The molecule has 5 rings (SSSR count). The van der Waals surface area contributed by atoms with Crippen molar-refractivity contribution in [2.24, 2.45) is 10.9 Å². The fourth-order valence-corrected chi connectivity index (χ4v) is 5.74. The lowest BCUT2D eigenvalue weighted by molar-refractivity contribution is -0.118. The minimum atomic E-state index is -1.82. The molecule has 3 atom stereocenters. The van der Waals surface area contributed by atoms with Crippen molar-refractivity contribution in [1.29, 1.82) is 0 Å². The first-order valence-electron chi connectivity index (χ1n) is 12.3. The van der Waals surface area contributed by atoms with Gasteiger partial charge in [0.05, 0.1) is 38.6 Å². The molecule has 3 aliphatic rings. The Labute approximate surface area is 219 Å². The fraction of sp³-hybridized carbons (Fsp3) is 0.444. The van der Waals surface area contributed by atoms with Gasteiger partial charge < -0.3 is 23.7 Å². The number of aliphatic hydroxyl groups is 1. The average molecular weight is 529 g/mol. The van der Waals surface area contributed by atoms with E-state index in [0.29, 0.717) is 6.54 Å². The quantitative estimate of drug-likeness (QED) is 0.519. The molecule has 2 aliphatic heterocycles. The lowest BCUT2D eigenvalue weighted by atomic mass is 9.73. The highest BCUT2D eigenvalue weighted by atomic mass is 35.5. The van der Waals surface area contributed by atoms with E-state index in [0.717, 1.165) is 31.7 Å². The summed E-state index contributed by atoms with van der Waals surface area (Å²) in [5.41, 5.74) is -1.78. The van der Waals surface area contributed by atoms with Crippen molar-refractivity contribution in [3.63, 3.8) is 0 Å². The number of ketones is 2. The summed E-state index contributed by atoms with van der Waals surface area (Å²) in [4.78, 5) is 33.6. The van der Waals surface area contributed by atoms with Gasteiger partial charge in [-0.25, -0.2) is 0 Å². The lowest BCUT2D eigenvalue weighted by Gasteiger charge is -2.36. The zero-order chi connectivity index (χ0) is 26.3. The smallest absolute Gasteiger partial charge is 0.231 e. The van der Waals surface area contributed by atoms with Crippen LogP contribution in [0.1, 0.15) is 48.3 Å². The molecule has 0 radical (unpaired) electrons. The van der Waals surface area contributed by atoms with E-state index in [1.165, 1.54) is 26.5 Å². The Morgan fingerprint density at radius 3 is 2.65 bits per heavy atom.